The van der Waals surface area contributed by atoms with Gasteiger partial charge in [-0.05, 0) is 83.6 Å². The number of sulfone groups is 1. The van der Waals surface area contributed by atoms with Crippen molar-refractivity contribution < 1.29 is 22.7 Å². The molecule has 45 heavy (non-hydrogen) atoms. The van der Waals surface area contributed by atoms with E-state index in [1.54, 1.807) is 49.0 Å². The summed E-state index contributed by atoms with van der Waals surface area (Å²) in [6, 6.07) is 9.07. The number of benzene rings is 1. The normalized spacial score (nSPS) is 18.8. The lowest BCUT2D eigenvalue weighted by Gasteiger charge is -2.28. The number of amides is 2. The van der Waals surface area contributed by atoms with Gasteiger partial charge >= 0.3 is 6.09 Å². The average Bonchev–Trinajstić information content (AvgIpc) is 3.75. The third-order valence-corrected chi connectivity index (χ3v) is 11.6. The van der Waals surface area contributed by atoms with Gasteiger partial charge in [-0.2, -0.15) is 0 Å². The number of nitrogens with zero attached hydrogens (tertiary/aromatic N) is 3. The minimum absolute atomic E-state index is 0.0263. The van der Waals surface area contributed by atoms with Gasteiger partial charge in [0.15, 0.2) is 9.84 Å². The number of thiazole rings is 1. The van der Waals surface area contributed by atoms with Crippen LogP contribution >= 0.6 is 11.3 Å². The Balaban J connectivity index is 1.32. The topological polar surface area (TPSA) is 131 Å². The monoisotopic (exact) mass is 653 g/mol. The fraction of sp³-hybridized carbons (Fsp3) is 0.515. The Morgan fingerprint density at radius 1 is 1.00 bits per heavy atom. The first kappa shape index (κ1) is 32.9. The summed E-state index contributed by atoms with van der Waals surface area (Å²) >= 11 is 1.56. The van der Waals surface area contributed by atoms with Crippen molar-refractivity contribution >= 4 is 50.4 Å². The lowest BCUT2D eigenvalue weighted by molar-refractivity contribution is -0.124. The Hall–Kier alpha value is -3.51. The second kappa shape index (κ2) is 13.1. The van der Waals surface area contributed by atoms with E-state index in [2.05, 4.69) is 15.6 Å². The highest BCUT2D eigenvalue weighted by Gasteiger charge is 2.39. The van der Waals surface area contributed by atoms with E-state index in [4.69, 9.17) is 9.72 Å². The van der Waals surface area contributed by atoms with Crippen molar-refractivity contribution in [3.05, 3.63) is 47.7 Å². The molecular weight excluding hydrogens is 611 g/mol. The van der Waals surface area contributed by atoms with Crippen LogP contribution in [0.4, 0.5) is 22.0 Å². The summed E-state index contributed by atoms with van der Waals surface area (Å²) in [5.41, 5.74) is 1.22. The second-order valence-corrected chi connectivity index (χ2v) is 16.6. The molecule has 10 nitrogen and oxygen atoms in total. The van der Waals surface area contributed by atoms with E-state index in [1.807, 2.05) is 46.8 Å². The molecule has 0 atom stereocenters. The molecule has 0 unspecified atom stereocenters. The van der Waals surface area contributed by atoms with Gasteiger partial charge in [0, 0.05) is 42.4 Å². The van der Waals surface area contributed by atoms with E-state index >= 15 is 0 Å². The number of hydrogen-bond acceptors (Lipinski definition) is 9. The molecule has 2 aliphatic rings. The number of aromatic nitrogens is 2. The second-order valence-electron chi connectivity index (χ2n) is 13.3. The molecule has 0 aliphatic heterocycles. The first-order valence-electron chi connectivity index (χ1n) is 15.6. The van der Waals surface area contributed by atoms with Crippen molar-refractivity contribution in [3.63, 3.8) is 0 Å². The van der Waals surface area contributed by atoms with Crippen LogP contribution in [0.25, 0.3) is 10.4 Å². The van der Waals surface area contributed by atoms with E-state index in [0.717, 1.165) is 35.6 Å². The van der Waals surface area contributed by atoms with Crippen LogP contribution in [-0.4, -0.2) is 54.3 Å². The number of anilines is 3. The summed E-state index contributed by atoms with van der Waals surface area (Å²) in [4.78, 5) is 36.2. The SMILES string of the molecule is CC(C)C(=O)NC1CCC(c2ncc(-c3ccc(Nc4ccc(N(C)C(=O)OC(C)(C)C)cn4)cc3S(=O)(=O)C3CC3)s2)CC1. The minimum Gasteiger partial charge on any atom is -0.443 e. The van der Waals surface area contributed by atoms with E-state index < -0.39 is 21.5 Å². The van der Waals surface area contributed by atoms with Crippen molar-refractivity contribution in [2.45, 2.75) is 101 Å². The van der Waals surface area contributed by atoms with Crippen LogP contribution in [0.1, 0.15) is 84.1 Å². The molecule has 2 aromatic heterocycles. The summed E-state index contributed by atoms with van der Waals surface area (Å²) < 4.78 is 32.7. The Bertz CT molecular complexity index is 1630. The molecule has 12 heteroatoms. The standard InChI is InChI=1S/C33H43N5O5S2/c1-20(2)30(39)37-22-9-7-21(8-10-22)31-35-19-27(44-31)26-15-11-23(17-28(26)45(41,42)25-13-14-25)36-29-16-12-24(18-34-29)38(6)32(40)43-33(3,4)5/h11-12,15-22,25H,7-10,13-14H2,1-6H3,(H,34,36)(H,37,39). The van der Waals surface area contributed by atoms with Crippen LogP contribution in [0, 0.1) is 5.92 Å². The predicted molar refractivity (Wildman–Crippen MR) is 178 cm³/mol. The molecule has 242 valence electrons. The first-order valence-corrected chi connectivity index (χ1v) is 17.9. The Morgan fingerprint density at radius 3 is 2.31 bits per heavy atom. The number of pyridine rings is 1. The molecule has 0 radical (unpaired) electrons. The predicted octanol–water partition coefficient (Wildman–Crippen LogP) is 7.05. The molecular formula is C33H43N5O5S2. The fourth-order valence-electron chi connectivity index (χ4n) is 5.29. The highest BCUT2D eigenvalue weighted by atomic mass is 32.2. The molecule has 2 fully saturated rings. The van der Waals surface area contributed by atoms with Crippen molar-refractivity contribution in [2.75, 3.05) is 17.3 Å². The Labute approximate surface area is 269 Å². The molecule has 1 aromatic carbocycles. The zero-order valence-electron chi connectivity index (χ0n) is 26.8. The van der Waals surface area contributed by atoms with Gasteiger partial charge in [-0.15, -0.1) is 11.3 Å². The highest BCUT2D eigenvalue weighted by Crippen LogP contribution is 2.43. The van der Waals surface area contributed by atoms with Crippen LogP contribution in [-0.2, 0) is 19.4 Å². The molecule has 2 heterocycles. The van der Waals surface area contributed by atoms with Crippen LogP contribution in [0.5, 0.6) is 0 Å². The maximum atomic E-state index is 13.6. The number of hydrogen-bond donors (Lipinski definition) is 2. The Kier molecular flexibility index (Phi) is 9.55. The van der Waals surface area contributed by atoms with Gasteiger partial charge in [0.25, 0.3) is 0 Å². The largest absolute Gasteiger partial charge is 0.443 e. The van der Waals surface area contributed by atoms with Crippen LogP contribution < -0.4 is 15.5 Å². The molecule has 5 rings (SSSR count). The number of ether oxygens (including phenoxy) is 1. The molecule has 2 aliphatic carbocycles. The van der Waals surface area contributed by atoms with Crippen LogP contribution in [0.3, 0.4) is 0 Å². The first-order chi connectivity index (χ1) is 21.2. The highest BCUT2D eigenvalue weighted by molar-refractivity contribution is 7.92. The van der Waals surface area contributed by atoms with Crippen molar-refractivity contribution in [1.29, 1.82) is 0 Å². The van der Waals surface area contributed by atoms with Gasteiger partial charge in [0.2, 0.25) is 5.91 Å². The average molecular weight is 654 g/mol. The van der Waals surface area contributed by atoms with E-state index in [-0.39, 0.29) is 23.1 Å². The molecule has 0 bridgehead atoms. The summed E-state index contributed by atoms with van der Waals surface area (Å²) in [6.07, 6.45) is 7.89. The molecule has 2 N–H and O–H groups in total. The Morgan fingerprint density at radius 2 is 1.71 bits per heavy atom. The van der Waals surface area contributed by atoms with Crippen molar-refractivity contribution in [3.8, 4) is 10.4 Å². The number of carbonyl (C=O) groups is 2. The summed E-state index contributed by atoms with van der Waals surface area (Å²) in [7, 11) is -1.90. The molecule has 2 saturated carbocycles. The molecule has 2 amide bonds. The van der Waals surface area contributed by atoms with Gasteiger partial charge in [-0.1, -0.05) is 19.9 Å². The maximum Gasteiger partial charge on any atom is 0.414 e. The number of carbonyl (C=O) groups excluding carboxylic acids is 2. The van der Waals surface area contributed by atoms with Gasteiger partial charge in [-0.3, -0.25) is 9.69 Å². The zero-order chi connectivity index (χ0) is 32.5. The molecule has 3 aromatic rings. The maximum absolute atomic E-state index is 13.6. The van der Waals surface area contributed by atoms with Gasteiger partial charge in [-0.25, -0.2) is 23.2 Å². The smallest absolute Gasteiger partial charge is 0.414 e. The summed E-state index contributed by atoms with van der Waals surface area (Å²) in [5.74, 6) is 0.875. The fourth-order valence-corrected chi connectivity index (χ4v) is 8.38. The summed E-state index contributed by atoms with van der Waals surface area (Å²) in [6.45, 7) is 9.24. The van der Waals surface area contributed by atoms with Gasteiger partial charge in [0.1, 0.15) is 11.4 Å². The van der Waals surface area contributed by atoms with Crippen molar-refractivity contribution in [2.24, 2.45) is 5.92 Å². The van der Waals surface area contributed by atoms with Crippen molar-refractivity contribution in [1.82, 2.24) is 15.3 Å². The third kappa shape index (κ3) is 8.02. The van der Waals surface area contributed by atoms with Gasteiger partial charge in [0.05, 0.1) is 31.9 Å². The molecule has 0 saturated heterocycles. The van der Waals surface area contributed by atoms with Gasteiger partial charge < -0.3 is 15.4 Å². The number of nitrogens with one attached hydrogen (secondary N) is 2. The quantitative estimate of drug-likeness (QED) is 0.251. The van der Waals surface area contributed by atoms with E-state index in [1.165, 1.54) is 4.90 Å². The zero-order valence-corrected chi connectivity index (χ0v) is 28.4. The van der Waals surface area contributed by atoms with E-state index in [0.29, 0.717) is 46.4 Å². The molecule has 0 spiro atoms. The lowest BCUT2D eigenvalue weighted by atomic mass is 9.86. The minimum atomic E-state index is -3.52. The van der Waals surface area contributed by atoms with Crippen LogP contribution in [0.15, 0.2) is 47.6 Å². The summed E-state index contributed by atoms with van der Waals surface area (Å²) in [5, 5.41) is 7.01. The lowest BCUT2D eigenvalue weighted by Crippen LogP contribution is -2.39. The van der Waals surface area contributed by atoms with E-state index in [9.17, 15) is 18.0 Å². The van der Waals surface area contributed by atoms with Crippen LogP contribution in [0.2, 0.25) is 0 Å². The number of rotatable bonds is 9. The third-order valence-electron chi connectivity index (χ3n) is 8.06.